The zero-order valence-corrected chi connectivity index (χ0v) is 14.8. The normalized spacial score (nSPS) is 15.9. The van der Waals surface area contributed by atoms with Crippen molar-refractivity contribution in [2.45, 2.75) is 13.8 Å². The molecule has 1 aliphatic rings. The van der Waals surface area contributed by atoms with Crippen LogP contribution in [0, 0.1) is 12.3 Å². The molecule has 0 radical (unpaired) electrons. The van der Waals surface area contributed by atoms with Gasteiger partial charge in [0.1, 0.15) is 0 Å². The van der Waals surface area contributed by atoms with Crippen LogP contribution in [0.1, 0.15) is 18.1 Å². The van der Waals surface area contributed by atoms with Gasteiger partial charge in [-0.3, -0.25) is 15.1 Å². The van der Waals surface area contributed by atoms with E-state index in [4.69, 9.17) is 10.1 Å². The molecule has 5 nitrogen and oxygen atoms in total. The average molecular weight is 354 g/mol. The smallest absolute Gasteiger partial charge is 0.271 e. The number of amides is 1. The molecule has 0 atom stereocenters. The Morgan fingerprint density at radius 1 is 1.24 bits per heavy atom. The van der Waals surface area contributed by atoms with Gasteiger partial charge in [0.15, 0.2) is 16.7 Å². The van der Waals surface area contributed by atoms with Crippen molar-refractivity contribution in [3.05, 3.63) is 58.5 Å². The first-order valence-corrected chi connectivity index (χ1v) is 8.66. The monoisotopic (exact) mass is 354 g/mol. The quantitative estimate of drug-likeness (QED) is 0.809. The molecule has 0 aromatic heterocycles. The minimum absolute atomic E-state index is 0.0587. The van der Waals surface area contributed by atoms with Gasteiger partial charge in [0, 0.05) is 0 Å². The number of phenols is 1. The maximum atomic E-state index is 12.7. The van der Waals surface area contributed by atoms with Crippen molar-refractivity contribution in [1.82, 2.24) is 0 Å². The van der Waals surface area contributed by atoms with E-state index in [1.165, 1.54) is 11.0 Å². The van der Waals surface area contributed by atoms with Gasteiger partial charge in [-0.1, -0.05) is 23.8 Å². The molecule has 1 saturated heterocycles. The fraction of sp³-hybridized carbons (Fsp3) is 0.158. The van der Waals surface area contributed by atoms with Crippen molar-refractivity contribution in [2.75, 3.05) is 11.5 Å². The number of nitrogens with zero attached hydrogens (tertiary/aromatic N) is 1. The molecule has 0 unspecified atom stereocenters. The molecule has 25 heavy (non-hydrogen) atoms. The molecule has 2 N–H and O–H groups in total. The summed E-state index contributed by atoms with van der Waals surface area (Å²) in [6, 6.07) is 12.4. The number of nitrogens with one attached hydrogen (secondary N) is 1. The number of hydrogen-bond donors (Lipinski definition) is 2. The van der Waals surface area contributed by atoms with E-state index >= 15 is 0 Å². The number of aryl methyl sites for hydroxylation is 1. The summed E-state index contributed by atoms with van der Waals surface area (Å²) in [5.41, 5.74) is 2.51. The summed E-state index contributed by atoms with van der Waals surface area (Å²) in [5, 5.41) is 18.1. The number of thioether (sulfide) groups is 1. The maximum Gasteiger partial charge on any atom is 0.271 e. The molecule has 1 heterocycles. The molecular formula is C19H18N2O3S. The number of hydrogen-bond acceptors (Lipinski definition) is 5. The van der Waals surface area contributed by atoms with E-state index in [1.807, 2.05) is 38.1 Å². The lowest BCUT2D eigenvalue weighted by molar-refractivity contribution is -0.113. The SMILES string of the molecule is CCOc1cc(/C=C2\SC(=N)N(c3ccc(C)cc3)C2=O)ccc1O. The Bertz CT molecular complexity index is 859. The van der Waals surface area contributed by atoms with Crippen LogP contribution in [0.4, 0.5) is 5.69 Å². The van der Waals surface area contributed by atoms with E-state index in [-0.39, 0.29) is 16.8 Å². The van der Waals surface area contributed by atoms with Crippen molar-refractivity contribution < 1.29 is 14.6 Å². The zero-order valence-electron chi connectivity index (χ0n) is 13.9. The van der Waals surface area contributed by atoms with E-state index < -0.39 is 0 Å². The first-order valence-electron chi connectivity index (χ1n) is 7.84. The van der Waals surface area contributed by atoms with Crippen molar-refractivity contribution in [3.63, 3.8) is 0 Å². The minimum Gasteiger partial charge on any atom is -0.504 e. The van der Waals surface area contributed by atoms with E-state index in [9.17, 15) is 9.90 Å². The number of aromatic hydroxyl groups is 1. The lowest BCUT2D eigenvalue weighted by atomic mass is 10.1. The molecule has 3 rings (SSSR count). The second kappa shape index (κ2) is 7.03. The summed E-state index contributed by atoms with van der Waals surface area (Å²) >= 11 is 1.12. The summed E-state index contributed by atoms with van der Waals surface area (Å²) in [4.78, 5) is 14.5. The lowest BCUT2D eigenvalue weighted by Gasteiger charge is -2.14. The third-order valence-electron chi connectivity index (χ3n) is 3.70. The van der Waals surface area contributed by atoms with E-state index in [0.29, 0.717) is 22.9 Å². The summed E-state index contributed by atoms with van der Waals surface area (Å²) in [5.74, 6) is 0.200. The van der Waals surface area contributed by atoms with E-state index in [1.54, 1.807) is 18.2 Å². The van der Waals surface area contributed by atoms with Gasteiger partial charge in [-0.05, 0) is 61.5 Å². The highest BCUT2D eigenvalue weighted by Gasteiger charge is 2.33. The van der Waals surface area contributed by atoms with Crippen molar-refractivity contribution in [2.24, 2.45) is 0 Å². The predicted octanol–water partition coefficient (Wildman–Crippen LogP) is 4.15. The Hall–Kier alpha value is -2.73. The molecular weight excluding hydrogens is 336 g/mol. The maximum absolute atomic E-state index is 12.7. The van der Waals surface area contributed by atoms with Crippen molar-refractivity contribution in [3.8, 4) is 11.5 Å². The molecule has 128 valence electrons. The van der Waals surface area contributed by atoms with Gasteiger partial charge in [-0.2, -0.15) is 0 Å². The van der Waals surface area contributed by atoms with Crippen LogP contribution in [0.15, 0.2) is 47.4 Å². The standard InChI is InChI=1S/C19H18N2O3S/c1-3-24-16-10-13(6-9-15(16)22)11-17-18(23)21(19(20)25-17)14-7-4-12(2)5-8-14/h4-11,20,22H,3H2,1-2H3/b17-11-,20-19?. The third-order valence-corrected chi connectivity index (χ3v) is 4.59. The van der Waals surface area contributed by atoms with Gasteiger partial charge >= 0.3 is 0 Å². The van der Waals surface area contributed by atoms with Gasteiger partial charge < -0.3 is 9.84 Å². The largest absolute Gasteiger partial charge is 0.504 e. The van der Waals surface area contributed by atoms with Crippen molar-refractivity contribution >= 4 is 34.6 Å². The number of anilines is 1. The molecule has 1 amide bonds. The summed E-state index contributed by atoms with van der Waals surface area (Å²) in [6.07, 6.45) is 1.71. The van der Waals surface area contributed by atoms with Gasteiger partial charge in [-0.15, -0.1) is 0 Å². The number of amidine groups is 1. The number of phenolic OH excluding ortho intramolecular Hbond substituents is 1. The fourth-order valence-electron chi connectivity index (χ4n) is 2.46. The van der Waals surface area contributed by atoms with Crippen LogP contribution in [0.2, 0.25) is 0 Å². The second-order valence-corrected chi connectivity index (χ2v) is 6.58. The van der Waals surface area contributed by atoms with E-state index in [2.05, 4.69) is 0 Å². The Morgan fingerprint density at radius 2 is 1.96 bits per heavy atom. The molecule has 0 bridgehead atoms. The number of carbonyl (C=O) groups excluding carboxylic acids is 1. The topological polar surface area (TPSA) is 73.6 Å². The first kappa shape index (κ1) is 17.1. The Morgan fingerprint density at radius 3 is 2.64 bits per heavy atom. The van der Waals surface area contributed by atoms with Crippen LogP contribution in [0.5, 0.6) is 11.5 Å². The highest BCUT2D eigenvalue weighted by atomic mass is 32.2. The highest BCUT2D eigenvalue weighted by molar-refractivity contribution is 8.19. The molecule has 0 saturated carbocycles. The van der Waals surface area contributed by atoms with Gasteiger partial charge in [-0.25, -0.2) is 0 Å². The average Bonchev–Trinajstić information content (AvgIpc) is 2.86. The summed E-state index contributed by atoms with van der Waals surface area (Å²) in [6.45, 7) is 4.25. The van der Waals surface area contributed by atoms with Gasteiger partial charge in [0.2, 0.25) is 0 Å². The third kappa shape index (κ3) is 3.53. The number of ether oxygens (including phenoxy) is 1. The molecule has 2 aromatic rings. The van der Waals surface area contributed by atoms with Gasteiger partial charge in [0.25, 0.3) is 5.91 Å². The number of benzene rings is 2. The summed E-state index contributed by atoms with van der Waals surface area (Å²) in [7, 11) is 0. The van der Waals surface area contributed by atoms with Crippen molar-refractivity contribution in [1.29, 1.82) is 5.41 Å². The molecule has 0 aliphatic carbocycles. The molecule has 1 aliphatic heterocycles. The zero-order chi connectivity index (χ0) is 18.0. The molecule has 0 spiro atoms. The Balaban J connectivity index is 1.90. The van der Waals surface area contributed by atoms with Gasteiger partial charge in [0.05, 0.1) is 17.2 Å². The lowest BCUT2D eigenvalue weighted by Crippen LogP contribution is -2.28. The highest BCUT2D eigenvalue weighted by Crippen LogP contribution is 2.36. The summed E-state index contributed by atoms with van der Waals surface area (Å²) < 4.78 is 5.37. The van der Waals surface area contributed by atoms with E-state index in [0.717, 1.165) is 22.9 Å². The second-order valence-electron chi connectivity index (χ2n) is 5.55. The van der Waals surface area contributed by atoms with Crippen LogP contribution in [0.25, 0.3) is 6.08 Å². The van der Waals surface area contributed by atoms with Crippen LogP contribution >= 0.6 is 11.8 Å². The molecule has 2 aromatic carbocycles. The van der Waals surface area contributed by atoms with Crippen LogP contribution in [0.3, 0.4) is 0 Å². The van der Waals surface area contributed by atoms with Crippen LogP contribution in [-0.2, 0) is 4.79 Å². The predicted molar refractivity (Wildman–Crippen MR) is 101 cm³/mol. The molecule has 1 fully saturated rings. The molecule has 6 heteroatoms. The Labute approximate surface area is 150 Å². The fourth-order valence-corrected chi connectivity index (χ4v) is 3.32. The van der Waals surface area contributed by atoms with Crippen LogP contribution < -0.4 is 9.64 Å². The minimum atomic E-state index is -0.232. The van der Waals surface area contributed by atoms with Crippen LogP contribution in [-0.4, -0.2) is 22.8 Å². The number of rotatable bonds is 4. The first-order chi connectivity index (χ1) is 12.0. The number of carbonyl (C=O) groups is 1. The Kier molecular flexibility index (Phi) is 4.81.